The highest BCUT2D eigenvalue weighted by Gasteiger charge is 2.44. The molecule has 0 aliphatic carbocycles. The van der Waals surface area contributed by atoms with E-state index in [0.29, 0.717) is 42.1 Å². The maximum Gasteiger partial charge on any atom is 0.269 e. The van der Waals surface area contributed by atoms with Crippen LogP contribution in [0.2, 0.25) is 0 Å². The van der Waals surface area contributed by atoms with E-state index >= 15 is 4.39 Å². The predicted octanol–water partition coefficient (Wildman–Crippen LogP) is 1.73. The predicted molar refractivity (Wildman–Crippen MR) is 115 cm³/mol. The second-order valence-electron chi connectivity index (χ2n) is 8.29. The summed E-state index contributed by atoms with van der Waals surface area (Å²) in [6, 6.07) is 6.74. The van der Waals surface area contributed by atoms with Crippen molar-refractivity contribution in [1.82, 2.24) is 25.2 Å². The molecular weight excluding hydrogens is 418 g/mol. The number of aromatic amines is 1. The molecule has 5 rings (SSSR count). The first kappa shape index (κ1) is 20.5. The van der Waals surface area contributed by atoms with Crippen LogP contribution in [0.1, 0.15) is 28.2 Å². The molecule has 2 unspecified atom stereocenters. The van der Waals surface area contributed by atoms with Crippen molar-refractivity contribution >= 4 is 22.6 Å². The van der Waals surface area contributed by atoms with E-state index < -0.39 is 23.2 Å². The molecule has 1 amide bonds. The van der Waals surface area contributed by atoms with Crippen LogP contribution in [0, 0.1) is 18.7 Å². The maximum atomic E-state index is 15.1. The zero-order chi connectivity index (χ0) is 22.6. The van der Waals surface area contributed by atoms with E-state index in [-0.39, 0.29) is 23.3 Å². The van der Waals surface area contributed by atoms with Crippen molar-refractivity contribution in [3.8, 4) is 0 Å². The molecule has 10 heteroatoms. The number of pyridine rings is 1. The number of benzene rings is 1. The normalized spacial score (nSPS) is 20.3. The zero-order valence-electron chi connectivity index (χ0n) is 17.7. The molecule has 32 heavy (non-hydrogen) atoms. The highest BCUT2D eigenvalue weighted by Crippen LogP contribution is 2.36. The number of aromatic nitrogens is 3. The van der Waals surface area contributed by atoms with Gasteiger partial charge in [0.2, 0.25) is 5.95 Å². The smallest absolute Gasteiger partial charge is 0.269 e. The minimum absolute atomic E-state index is 0.0363. The van der Waals surface area contributed by atoms with E-state index in [4.69, 9.17) is 0 Å². The highest BCUT2D eigenvalue weighted by molar-refractivity contribution is 5.92. The van der Waals surface area contributed by atoms with Crippen LogP contribution in [0.4, 0.5) is 14.5 Å². The standard InChI is InChI=1S/C22H22F2N6O2/c1-11-21(31)28-19-15(26-11)4-3-12(18(19)23)8-29-9-14-7-13(29)10-30(14)17-6-5-16(22(32)25-2)27-20(17)24/h3-6,13-14H,7-10H2,1-2H3,(H,25,32)(H,28,31). The molecule has 2 aliphatic heterocycles. The number of carbonyl (C=O) groups is 1. The molecule has 0 radical (unpaired) electrons. The fourth-order valence-electron chi connectivity index (χ4n) is 4.73. The maximum absolute atomic E-state index is 15.1. The molecule has 4 heterocycles. The van der Waals surface area contributed by atoms with Gasteiger partial charge in [-0.1, -0.05) is 6.07 Å². The summed E-state index contributed by atoms with van der Waals surface area (Å²) in [6.45, 7) is 3.22. The third kappa shape index (κ3) is 3.31. The molecule has 2 aliphatic rings. The van der Waals surface area contributed by atoms with Crippen molar-refractivity contribution in [1.29, 1.82) is 0 Å². The first-order valence-electron chi connectivity index (χ1n) is 10.4. The van der Waals surface area contributed by atoms with Gasteiger partial charge in [0.05, 0.1) is 11.2 Å². The molecule has 2 N–H and O–H groups in total. The molecule has 2 atom stereocenters. The van der Waals surface area contributed by atoms with Crippen LogP contribution in [0.25, 0.3) is 11.0 Å². The SMILES string of the molecule is CNC(=O)c1ccc(N2CC3CC2CN3Cc2ccc3nc(C)c(=O)[nH]c3c2F)c(F)n1. The van der Waals surface area contributed by atoms with E-state index in [1.54, 1.807) is 25.1 Å². The third-order valence-electron chi connectivity index (χ3n) is 6.38. The number of anilines is 1. The minimum atomic E-state index is -0.669. The second kappa shape index (κ2) is 7.63. The van der Waals surface area contributed by atoms with Crippen molar-refractivity contribution in [2.24, 2.45) is 0 Å². The number of halogens is 2. The number of nitrogens with one attached hydrogen (secondary N) is 2. The summed E-state index contributed by atoms with van der Waals surface area (Å²) < 4.78 is 29.7. The third-order valence-corrected chi connectivity index (χ3v) is 6.38. The van der Waals surface area contributed by atoms with E-state index in [2.05, 4.69) is 25.2 Å². The number of hydrogen-bond acceptors (Lipinski definition) is 6. The number of nitrogens with zero attached hydrogens (tertiary/aromatic N) is 4. The Morgan fingerprint density at radius 1 is 1.19 bits per heavy atom. The molecule has 0 saturated carbocycles. The Morgan fingerprint density at radius 2 is 2.00 bits per heavy atom. The first-order chi connectivity index (χ1) is 15.4. The molecule has 2 fully saturated rings. The number of rotatable bonds is 4. The van der Waals surface area contributed by atoms with E-state index in [1.807, 2.05) is 4.90 Å². The molecule has 166 valence electrons. The Balaban J connectivity index is 1.33. The lowest BCUT2D eigenvalue weighted by atomic mass is 10.1. The Bertz CT molecular complexity index is 1290. The summed E-state index contributed by atoms with van der Waals surface area (Å²) in [7, 11) is 1.47. The van der Waals surface area contributed by atoms with E-state index in [9.17, 15) is 14.0 Å². The van der Waals surface area contributed by atoms with Gasteiger partial charge in [-0.2, -0.15) is 4.39 Å². The van der Waals surface area contributed by atoms with Crippen molar-refractivity contribution in [3.05, 3.63) is 63.3 Å². The summed E-state index contributed by atoms with van der Waals surface area (Å²) in [6.07, 6.45) is 0.837. The van der Waals surface area contributed by atoms with Crippen molar-refractivity contribution in [2.75, 3.05) is 25.0 Å². The Labute approximate surface area is 182 Å². The topological polar surface area (TPSA) is 94.2 Å². The summed E-state index contributed by atoms with van der Waals surface area (Å²) in [4.78, 5) is 38.2. The average molecular weight is 440 g/mol. The van der Waals surface area contributed by atoms with Crippen LogP contribution in [0.3, 0.4) is 0 Å². The van der Waals surface area contributed by atoms with Gasteiger partial charge in [0, 0.05) is 44.3 Å². The second-order valence-corrected chi connectivity index (χ2v) is 8.29. The van der Waals surface area contributed by atoms with Crippen molar-refractivity contribution in [2.45, 2.75) is 32.0 Å². The van der Waals surface area contributed by atoms with Crippen molar-refractivity contribution < 1.29 is 13.6 Å². The number of aryl methyl sites for hydroxylation is 1. The molecular formula is C22H22F2N6O2. The largest absolute Gasteiger partial charge is 0.362 e. The summed E-state index contributed by atoms with van der Waals surface area (Å²) in [5, 5.41) is 2.43. The summed E-state index contributed by atoms with van der Waals surface area (Å²) in [5.74, 6) is -1.57. The van der Waals surface area contributed by atoms with E-state index in [0.717, 1.165) is 6.42 Å². The number of H-pyrrole nitrogens is 1. The number of fused-ring (bicyclic) bond motifs is 3. The number of amides is 1. The molecule has 2 bridgehead atoms. The van der Waals surface area contributed by atoms with Gasteiger partial charge in [-0.05, 0) is 31.5 Å². The van der Waals surface area contributed by atoms with Crippen LogP contribution < -0.4 is 15.8 Å². The lowest BCUT2D eigenvalue weighted by Crippen LogP contribution is -2.46. The van der Waals surface area contributed by atoms with Crippen molar-refractivity contribution in [3.63, 3.8) is 0 Å². The Kier molecular flexibility index (Phi) is 4.89. The van der Waals surface area contributed by atoms with Gasteiger partial charge in [0.25, 0.3) is 11.5 Å². The monoisotopic (exact) mass is 440 g/mol. The average Bonchev–Trinajstić information content (AvgIpc) is 3.37. The zero-order valence-corrected chi connectivity index (χ0v) is 17.7. The molecule has 2 saturated heterocycles. The van der Waals surface area contributed by atoms with Crippen LogP contribution >= 0.6 is 0 Å². The number of piperazine rings is 1. The fraction of sp³-hybridized carbons (Fsp3) is 0.364. The molecule has 8 nitrogen and oxygen atoms in total. The van der Waals surface area contributed by atoms with Gasteiger partial charge >= 0.3 is 0 Å². The Hall–Kier alpha value is -3.40. The van der Waals surface area contributed by atoms with Crippen LogP contribution in [-0.4, -0.2) is 58.0 Å². The van der Waals surface area contributed by atoms with Crippen LogP contribution in [0.5, 0.6) is 0 Å². The number of hydrogen-bond donors (Lipinski definition) is 2. The molecule has 2 aromatic heterocycles. The highest BCUT2D eigenvalue weighted by atomic mass is 19.1. The van der Waals surface area contributed by atoms with Gasteiger partial charge in [0.1, 0.15) is 16.9 Å². The minimum Gasteiger partial charge on any atom is -0.362 e. The molecule has 0 spiro atoms. The fourth-order valence-corrected chi connectivity index (χ4v) is 4.73. The summed E-state index contributed by atoms with van der Waals surface area (Å²) in [5.41, 5.74) is 1.33. The van der Waals surface area contributed by atoms with Gasteiger partial charge < -0.3 is 15.2 Å². The summed E-state index contributed by atoms with van der Waals surface area (Å²) >= 11 is 0. The molecule has 1 aromatic carbocycles. The first-order valence-corrected chi connectivity index (χ1v) is 10.4. The lowest BCUT2D eigenvalue weighted by Gasteiger charge is -2.35. The van der Waals surface area contributed by atoms with Gasteiger partial charge in [0.15, 0.2) is 5.82 Å². The Morgan fingerprint density at radius 3 is 2.69 bits per heavy atom. The lowest BCUT2D eigenvalue weighted by molar-refractivity contribution is 0.0957. The number of likely N-dealkylation sites (tertiary alicyclic amines) is 1. The van der Waals surface area contributed by atoms with Gasteiger partial charge in [-0.15, -0.1) is 0 Å². The number of carbonyl (C=O) groups excluding carboxylic acids is 1. The van der Waals surface area contributed by atoms with Crippen LogP contribution in [0.15, 0.2) is 29.1 Å². The van der Waals surface area contributed by atoms with Gasteiger partial charge in [-0.25, -0.2) is 14.4 Å². The quantitative estimate of drug-likeness (QED) is 0.600. The van der Waals surface area contributed by atoms with Gasteiger partial charge in [-0.3, -0.25) is 14.5 Å². The molecule has 3 aromatic rings. The van der Waals surface area contributed by atoms with Crippen LogP contribution in [-0.2, 0) is 6.54 Å². The van der Waals surface area contributed by atoms with E-state index in [1.165, 1.54) is 13.1 Å².